The molecule has 0 aliphatic carbocycles. The van der Waals surface area contributed by atoms with Crippen LogP contribution >= 0.6 is 0 Å². The molecule has 1 atom stereocenters. The number of hydrogen-bond acceptors (Lipinski definition) is 6. The molecule has 0 radical (unpaired) electrons. The number of aromatic nitrogens is 1. The maximum atomic E-state index is 11.6. The van der Waals surface area contributed by atoms with Gasteiger partial charge in [-0.1, -0.05) is 0 Å². The molecule has 0 saturated carbocycles. The van der Waals surface area contributed by atoms with E-state index in [1.165, 1.54) is 6.20 Å². The lowest BCUT2D eigenvalue weighted by Gasteiger charge is -2.23. The van der Waals surface area contributed by atoms with E-state index in [1.54, 1.807) is 19.2 Å². The van der Waals surface area contributed by atoms with Crippen LogP contribution in [0.2, 0.25) is 0 Å². The van der Waals surface area contributed by atoms with E-state index in [1.807, 2.05) is 9.80 Å². The fourth-order valence-electron chi connectivity index (χ4n) is 2.75. The highest BCUT2D eigenvalue weighted by Crippen LogP contribution is 2.17. The average molecular weight is 349 g/mol. The van der Waals surface area contributed by atoms with E-state index in [-0.39, 0.29) is 5.91 Å². The summed E-state index contributed by atoms with van der Waals surface area (Å²) in [5.74, 6) is -1.50. The number of amides is 2. The van der Waals surface area contributed by atoms with Crippen molar-refractivity contribution in [2.24, 2.45) is 11.7 Å². The zero-order chi connectivity index (χ0) is 18.4. The molecule has 0 spiro atoms. The molecule has 2 heterocycles. The van der Waals surface area contributed by atoms with Gasteiger partial charge < -0.3 is 26.0 Å². The molecule has 2 amide bonds. The molecule has 25 heavy (non-hydrogen) atoms. The molecule has 1 aliphatic heterocycles. The Balaban J connectivity index is 2.09. The van der Waals surface area contributed by atoms with Crippen LogP contribution in [0.4, 0.5) is 5.82 Å². The van der Waals surface area contributed by atoms with Gasteiger partial charge in [0.25, 0.3) is 0 Å². The van der Waals surface area contributed by atoms with E-state index >= 15 is 0 Å². The van der Waals surface area contributed by atoms with Gasteiger partial charge in [0.05, 0.1) is 11.5 Å². The third-order valence-electron chi connectivity index (χ3n) is 4.25. The Hall–Kier alpha value is -2.68. The Morgan fingerprint density at radius 1 is 1.32 bits per heavy atom. The Labute approximate surface area is 145 Å². The summed E-state index contributed by atoms with van der Waals surface area (Å²) in [6.07, 6.45) is 1.72. The van der Waals surface area contributed by atoms with Crippen molar-refractivity contribution in [3.63, 3.8) is 0 Å². The third-order valence-corrected chi connectivity index (χ3v) is 4.25. The van der Waals surface area contributed by atoms with Crippen LogP contribution in [0.5, 0.6) is 0 Å². The summed E-state index contributed by atoms with van der Waals surface area (Å²) in [5.41, 5.74) is 5.51. The largest absolute Gasteiger partial charge is 0.481 e. The third kappa shape index (κ3) is 5.15. The van der Waals surface area contributed by atoms with Crippen LogP contribution in [0.25, 0.3) is 0 Å². The summed E-state index contributed by atoms with van der Waals surface area (Å²) in [5, 5.41) is 12.0. The van der Waals surface area contributed by atoms with Crippen molar-refractivity contribution < 1.29 is 19.5 Å². The van der Waals surface area contributed by atoms with Gasteiger partial charge in [0.15, 0.2) is 0 Å². The SMILES string of the molecule is CNC(=O)CCN1CCN(c2ccc(C(N)=O)cn2)CC(C(=O)O)C1. The standard InChI is InChI=1S/C16H23N5O4/c1-18-14(22)4-5-20-6-7-21(10-12(9-20)16(24)25)13-3-2-11(8-19-13)15(17)23/h2-3,8,12H,4-7,9-10H2,1H3,(H2,17,23)(H,18,22)(H,24,25). The van der Waals surface area contributed by atoms with E-state index in [0.717, 1.165) is 0 Å². The molecule has 9 heteroatoms. The van der Waals surface area contributed by atoms with E-state index < -0.39 is 17.8 Å². The molecule has 1 fully saturated rings. The van der Waals surface area contributed by atoms with Crippen molar-refractivity contribution in [3.8, 4) is 0 Å². The van der Waals surface area contributed by atoms with Gasteiger partial charge in [-0.2, -0.15) is 0 Å². The quantitative estimate of drug-likeness (QED) is 0.609. The molecule has 1 saturated heterocycles. The van der Waals surface area contributed by atoms with Gasteiger partial charge in [0.2, 0.25) is 11.8 Å². The van der Waals surface area contributed by atoms with Crippen LogP contribution < -0.4 is 16.0 Å². The Morgan fingerprint density at radius 2 is 2.08 bits per heavy atom. The number of hydrogen-bond donors (Lipinski definition) is 3. The molecule has 2 rings (SSSR count). The van der Waals surface area contributed by atoms with Crippen molar-refractivity contribution in [1.29, 1.82) is 0 Å². The summed E-state index contributed by atoms with van der Waals surface area (Å²) in [4.78, 5) is 42.2. The first kappa shape index (κ1) is 18.7. The number of nitrogens with two attached hydrogens (primary N) is 1. The number of anilines is 1. The predicted octanol–water partition coefficient (Wildman–Crippen LogP) is -0.861. The van der Waals surface area contributed by atoms with Gasteiger partial charge >= 0.3 is 5.97 Å². The number of aliphatic carboxylic acids is 1. The molecule has 1 aromatic rings. The first-order valence-corrected chi connectivity index (χ1v) is 8.07. The van der Waals surface area contributed by atoms with E-state index in [2.05, 4.69) is 10.3 Å². The normalized spacial score (nSPS) is 18.4. The monoisotopic (exact) mass is 349 g/mol. The number of pyridine rings is 1. The second-order valence-electron chi connectivity index (χ2n) is 5.97. The predicted molar refractivity (Wildman–Crippen MR) is 91.2 cm³/mol. The minimum absolute atomic E-state index is 0.0725. The molecule has 0 aromatic carbocycles. The number of primary amides is 1. The fraction of sp³-hybridized carbons (Fsp3) is 0.500. The molecule has 1 aliphatic rings. The highest BCUT2D eigenvalue weighted by atomic mass is 16.4. The number of carbonyl (C=O) groups excluding carboxylic acids is 2. The molecule has 9 nitrogen and oxygen atoms in total. The number of nitrogens with zero attached hydrogens (tertiary/aromatic N) is 3. The van der Waals surface area contributed by atoms with E-state index in [0.29, 0.717) is 50.5 Å². The maximum Gasteiger partial charge on any atom is 0.309 e. The topological polar surface area (TPSA) is 129 Å². The van der Waals surface area contributed by atoms with Crippen LogP contribution in [0.15, 0.2) is 18.3 Å². The zero-order valence-electron chi connectivity index (χ0n) is 14.1. The molecule has 1 aromatic heterocycles. The van der Waals surface area contributed by atoms with Gasteiger partial charge in [0.1, 0.15) is 5.82 Å². The minimum atomic E-state index is -0.884. The van der Waals surface area contributed by atoms with Crippen LogP contribution in [-0.4, -0.2) is 72.5 Å². The summed E-state index contributed by atoms with van der Waals surface area (Å²) in [6.45, 7) is 2.41. The Morgan fingerprint density at radius 3 is 2.64 bits per heavy atom. The lowest BCUT2D eigenvalue weighted by atomic mass is 10.1. The highest BCUT2D eigenvalue weighted by Gasteiger charge is 2.28. The molecular formula is C16H23N5O4. The number of carbonyl (C=O) groups is 3. The van der Waals surface area contributed by atoms with Gasteiger partial charge in [-0.25, -0.2) is 4.98 Å². The Kier molecular flexibility index (Phi) is 6.29. The second kappa shape index (κ2) is 8.43. The maximum absolute atomic E-state index is 11.6. The van der Waals surface area contributed by atoms with E-state index in [4.69, 9.17) is 5.73 Å². The number of rotatable bonds is 6. The smallest absolute Gasteiger partial charge is 0.309 e. The summed E-state index contributed by atoms with van der Waals surface area (Å²) in [7, 11) is 1.58. The highest BCUT2D eigenvalue weighted by molar-refractivity contribution is 5.92. The molecule has 4 N–H and O–H groups in total. The van der Waals surface area contributed by atoms with Gasteiger partial charge in [0, 0.05) is 52.4 Å². The van der Waals surface area contributed by atoms with Gasteiger partial charge in [-0.05, 0) is 12.1 Å². The van der Waals surface area contributed by atoms with E-state index in [9.17, 15) is 19.5 Å². The van der Waals surface area contributed by atoms with Crippen molar-refractivity contribution in [3.05, 3.63) is 23.9 Å². The van der Waals surface area contributed by atoms with Crippen LogP contribution in [-0.2, 0) is 9.59 Å². The summed E-state index contributed by atoms with van der Waals surface area (Å²) < 4.78 is 0. The van der Waals surface area contributed by atoms with Crippen molar-refractivity contribution in [1.82, 2.24) is 15.2 Å². The molecule has 0 bridgehead atoms. The van der Waals surface area contributed by atoms with Crippen molar-refractivity contribution in [2.45, 2.75) is 6.42 Å². The van der Waals surface area contributed by atoms with Gasteiger partial charge in [-0.3, -0.25) is 14.4 Å². The molecule has 136 valence electrons. The first-order valence-electron chi connectivity index (χ1n) is 8.07. The van der Waals surface area contributed by atoms with Crippen molar-refractivity contribution in [2.75, 3.05) is 44.7 Å². The zero-order valence-corrected chi connectivity index (χ0v) is 14.1. The molecule has 1 unspecified atom stereocenters. The second-order valence-corrected chi connectivity index (χ2v) is 5.97. The van der Waals surface area contributed by atoms with Crippen LogP contribution in [0.1, 0.15) is 16.8 Å². The summed E-state index contributed by atoms with van der Waals surface area (Å²) in [6, 6.07) is 3.24. The Bertz CT molecular complexity index is 634. The van der Waals surface area contributed by atoms with Crippen LogP contribution in [0, 0.1) is 5.92 Å². The lowest BCUT2D eigenvalue weighted by Crippen LogP contribution is -2.36. The fourth-order valence-corrected chi connectivity index (χ4v) is 2.75. The molecular weight excluding hydrogens is 326 g/mol. The number of carboxylic acids is 1. The lowest BCUT2D eigenvalue weighted by molar-refractivity contribution is -0.141. The van der Waals surface area contributed by atoms with Crippen molar-refractivity contribution >= 4 is 23.6 Å². The minimum Gasteiger partial charge on any atom is -0.481 e. The number of carboxylic acid groups (broad SMARTS) is 1. The summed E-state index contributed by atoms with van der Waals surface area (Å²) >= 11 is 0. The average Bonchev–Trinajstić information content (AvgIpc) is 2.82. The van der Waals surface area contributed by atoms with Gasteiger partial charge in [-0.15, -0.1) is 0 Å². The first-order chi connectivity index (χ1) is 11.9. The number of nitrogens with one attached hydrogen (secondary N) is 1. The van der Waals surface area contributed by atoms with Crippen LogP contribution in [0.3, 0.4) is 0 Å².